The summed E-state index contributed by atoms with van der Waals surface area (Å²) < 4.78 is 0. The first kappa shape index (κ1) is 14.9. The minimum Gasteiger partial charge on any atom is -0.310 e. The Morgan fingerprint density at radius 2 is 2.00 bits per heavy atom. The third-order valence-electron chi connectivity index (χ3n) is 4.15. The fourth-order valence-corrected chi connectivity index (χ4v) is 3.50. The van der Waals surface area contributed by atoms with E-state index in [4.69, 9.17) is 11.6 Å². The van der Waals surface area contributed by atoms with Crippen molar-refractivity contribution in [2.45, 2.75) is 58.4 Å². The maximum absolute atomic E-state index is 6.22. The van der Waals surface area contributed by atoms with Crippen molar-refractivity contribution >= 4 is 11.6 Å². The Labute approximate surface area is 122 Å². The van der Waals surface area contributed by atoms with Gasteiger partial charge in [-0.05, 0) is 55.5 Å². The van der Waals surface area contributed by atoms with Gasteiger partial charge < -0.3 is 5.32 Å². The van der Waals surface area contributed by atoms with Gasteiger partial charge in [0.15, 0.2) is 0 Å². The second kappa shape index (κ2) is 7.31. The monoisotopic (exact) mass is 279 g/mol. The van der Waals surface area contributed by atoms with E-state index in [0.717, 1.165) is 17.5 Å². The molecule has 0 amide bonds. The molecule has 1 aromatic carbocycles. The fraction of sp³-hybridized carbons (Fsp3) is 0.647. The minimum absolute atomic E-state index is 0.473. The summed E-state index contributed by atoms with van der Waals surface area (Å²) in [5, 5.41) is 4.57. The third-order valence-corrected chi connectivity index (χ3v) is 4.37. The van der Waals surface area contributed by atoms with Crippen LogP contribution in [0.2, 0.25) is 5.02 Å². The van der Waals surface area contributed by atoms with Crippen LogP contribution in [0, 0.1) is 12.8 Å². The van der Waals surface area contributed by atoms with Gasteiger partial charge in [0.1, 0.15) is 0 Å². The van der Waals surface area contributed by atoms with Crippen molar-refractivity contribution in [2.75, 3.05) is 6.54 Å². The average molecular weight is 280 g/mol. The maximum Gasteiger partial charge on any atom is 0.0411 e. The van der Waals surface area contributed by atoms with Gasteiger partial charge in [-0.1, -0.05) is 50.3 Å². The number of hydrogen-bond donors (Lipinski definition) is 1. The quantitative estimate of drug-likeness (QED) is 0.748. The van der Waals surface area contributed by atoms with Crippen LogP contribution in [0.5, 0.6) is 0 Å². The molecule has 0 saturated heterocycles. The third kappa shape index (κ3) is 4.50. The highest BCUT2D eigenvalue weighted by molar-refractivity contribution is 6.30. The van der Waals surface area contributed by atoms with Crippen molar-refractivity contribution in [3.8, 4) is 0 Å². The van der Waals surface area contributed by atoms with Crippen LogP contribution in [0.1, 0.15) is 62.6 Å². The Balaban J connectivity index is 2.10. The molecule has 0 bridgehead atoms. The normalized spacial score (nSPS) is 17.8. The second-order valence-corrected chi connectivity index (χ2v) is 6.39. The molecular weight excluding hydrogens is 254 g/mol. The van der Waals surface area contributed by atoms with Crippen molar-refractivity contribution in [1.29, 1.82) is 0 Å². The molecule has 1 aromatic rings. The topological polar surface area (TPSA) is 12.0 Å². The Bertz CT molecular complexity index is 376. The Morgan fingerprint density at radius 3 is 2.63 bits per heavy atom. The fourth-order valence-electron chi connectivity index (χ4n) is 3.20. The van der Waals surface area contributed by atoms with E-state index in [0.29, 0.717) is 6.04 Å². The lowest BCUT2D eigenvalue weighted by atomic mass is 9.92. The number of halogens is 1. The molecule has 2 rings (SSSR count). The van der Waals surface area contributed by atoms with E-state index in [1.54, 1.807) is 0 Å². The number of hydrogen-bond acceptors (Lipinski definition) is 1. The summed E-state index contributed by atoms with van der Waals surface area (Å²) in [6.45, 7) is 5.44. The minimum atomic E-state index is 0.473. The predicted molar refractivity (Wildman–Crippen MR) is 83.8 cm³/mol. The molecule has 0 aromatic heterocycles. The predicted octanol–water partition coefficient (Wildman–Crippen LogP) is 5.27. The van der Waals surface area contributed by atoms with Gasteiger partial charge >= 0.3 is 0 Å². The van der Waals surface area contributed by atoms with Crippen LogP contribution in [-0.2, 0) is 0 Å². The lowest BCUT2D eigenvalue weighted by Crippen LogP contribution is -2.24. The SMILES string of the molecule is CCCNC(CC1CCCC1)c1cc(C)cc(Cl)c1. The highest BCUT2D eigenvalue weighted by Gasteiger charge is 2.21. The molecule has 106 valence electrons. The molecule has 0 radical (unpaired) electrons. The molecule has 0 aliphatic heterocycles. The average Bonchev–Trinajstić information content (AvgIpc) is 2.86. The zero-order chi connectivity index (χ0) is 13.7. The van der Waals surface area contributed by atoms with Crippen LogP contribution >= 0.6 is 11.6 Å². The molecule has 2 heteroatoms. The smallest absolute Gasteiger partial charge is 0.0411 e. The number of aryl methyl sites for hydroxylation is 1. The summed E-state index contributed by atoms with van der Waals surface area (Å²) in [6, 6.07) is 6.93. The lowest BCUT2D eigenvalue weighted by molar-refractivity contribution is 0.395. The molecule has 1 saturated carbocycles. The summed E-state index contributed by atoms with van der Waals surface area (Å²) in [7, 11) is 0. The van der Waals surface area contributed by atoms with Crippen LogP contribution in [0.4, 0.5) is 0 Å². The summed E-state index contributed by atoms with van der Waals surface area (Å²) in [6.07, 6.45) is 8.09. The first-order valence-electron chi connectivity index (χ1n) is 7.69. The number of rotatable bonds is 6. The van der Waals surface area contributed by atoms with Gasteiger partial charge in [0, 0.05) is 11.1 Å². The first-order valence-corrected chi connectivity index (χ1v) is 8.07. The Kier molecular flexibility index (Phi) is 5.72. The second-order valence-electron chi connectivity index (χ2n) is 5.95. The van der Waals surface area contributed by atoms with E-state index < -0.39 is 0 Å². The summed E-state index contributed by atoms with van der Waals surface area (Å²) in [4.78, 5) is 0. The molecule has 0 heterocycles. The largest absolute Gasteiger partial charge is 0.310 e. The molecular formula is C17H26ClN. The lowest BCUT2D eigenvalue weighted by Gasteiger charge is -2.23. The molecule has 1 atom stereocenters. The van der Waals surface area contributed by atoms with Gasteiger partial charge in [-0.2, -0.15) is 0 Å². The summed E-state index contributed by atoms with van der Waals surface area (Å²) in [5.41, 5.74) is 2.63. The van der Waals surface area contributed by atoms with Crippen LogP contribution in [0.15, 0.2) is 18.2 Å². The number of nitrogens with one attached hydrogen (secondary N) is 1. The van der Waals surface area contributed by atoms with Crippen LogP contribution < -0.4 is 5.32 Å². The zero-order valence-corrected chi connectivity index (χ0v) is 13.0. The standard InChI is InChI=1S/C17H26ClN/c1-3-8-19-17(11-14-6-4-5-7-14)15-9-13(2)10-16(18)12-15/h9-10,12,14,17,19H,3-8,11H2,1-2H3. The van der Waals surface area contributed by atoms with Crippen molar-refractivity contribution in [1.82, 2.24) is 5.32 Å². The van der Waals surface area contributed by atoms with Crippen LogP contribution in [-0.4, -0.2) is 6.54 Å². The number of benzene rings is 1. The van der Waals surface area contributed by atoms with Crippen molar-refractivity contribution in [3.63, 3.8) is 0 Å². The zero-order valence-electron chi connectivity index (χ0n) is 12.2. The molecule has 1 N–H and O–H groups in total. The van der Waals surface area contributed by atoms with Crippen molar-refractivity contribution in [3.05, 3.63) is 34.3 Å². The summed E-state index contributed by atoms with van der Waals surface area (Å²) >= 11 is 6.22. The van der Waals surface area contributed by atoms with Gasteiger partial charge in [-0.25, -0.2) is 0 Å². The van der Waals surface area contributed by atoms with E-state index in [1.807, 2.05) is 6.07 Å². The molecule has 1 unspecified atom stereocenters. The van der Waals surface area contributed by atoms with Crippen molar-refractivity contribution in [2.24, 2.45) is 5.92 Å². The summed E-state index contributed by atoms with van der Waals surface area (Å²) in [5.74, 6) is 0.897. The molecule has 1 fully saturated rings. The van der Waals surface area contributed by atoms with Gasteiger partial charge in [0.25, 0.3) is 0 Å². The molecule has 1 nitrogen and oxygen atoms in total. The van der Waals surface area contributed by atoms with E-state index in [9.17, 15) is 0 Å². The van der Waals surface area contributed by atoms with Crippen LogP contribution in [0.25, 0.3) is 0 Å². The van der Waals surface area contributed by atoms with E-state index in [-0.39, 0.29) is 0 Å². The molecule has 1 aliphatic rings. The first-order chi connectivity index (χ1) is 9.19. The highest BCUT2D eigenvalue weighted by Crippen LogP contribution is 2.33. The van der Waals surface area contributed by atoms with E-state index >= 15 is 0 Å². The van der Waals surface area contributed by atoms with Gasteiger partial charge in [0.05, 0.1) is 0 Å². The van der Waals surface area contributed by atoms with Gasteiger partial charge in [-0.3, -0.25) is 0 Å². The Hall–Kier alpha value is -0.530. The molecule has 1 aliphatic carbocycles. The molecule has 0 spiro atoms. The highest BCUT2D eigenvalue weighted by atomic mass is 35.5. The maximum atomic E-state index is 6.22. The van der Waals surface area contributed by atoms with Gasteiger partial charge in [0.2, 0.25) is 0 Å². The van der Waals surface area contributed by atoms with E-state index in [2.05, 4.69) is 31.3 Å². The van der Waals surface area contributed by atoms with Crippen LogP contribution in [0.3, 0.4) is 0 Å². The van der Waals surface area contributed by atoms with Crippen molar-refractivity contribution < 1.29 is 0 Å². The molecule has 19 heavy (non-hydrogen) atoms. The van der Waals surface area contributed by atoms with E-state index in [1.165, 1.54) is 49.7 Å². The van der Waals surface area contributed by atoms with Gasteiger partial charge in [-0.15, -0.1) is 0 Å². The Morgan fingerprint density at radius 1 is 1.26 bits per heavy atom.